The van der Waals surface area contributed by atoms with Gasteiger partial charge in [-0.2, -0.15) is 0 Å². The van der Waals surface area contributed by atoms with Crippen LogP contribution in [-0.4, -0.2) is 55.0 Å². The van der Waals surface area contributed by atoms with E-state index in [2.05, 4.69) is 17.4 Å². The molecule has 4 aromatic carbocycles. The number of rotatable bonds is 10. The molecule has 1 heterocycles. The molecule has 2 aliphatic rings. The Kier molecular flexibility index (Phi) is 13.5. The van der Waals surface area contributed by atoms with Crippen molar-refractivity contribution < 1.29 is 19.1 Å². The number of nitrogens with one attached hydrogen (secondary N) is 1. The Morgan fingerprint density at radius 3 is 1.81 bits per heavy atom. The van der Waals surface area contributed by atoms with Crippen LogP contribution >= 0.6 is 58.8 Å². The van der Waals surface area contributed by atoms with Crippen molar-refractivity contribution in [1.82, 2.24) is 10.2 Å². The maximum Gasteiger partial charge on any atom is 0.407 e. The summed E-state index contributed by atoms with van der Waals surface area (Å²) in [6.07, 6.45) is 4.28. The summed E-state index contributed by atoms with van der Waals surface area (Å²) < 4.78 is 5.80. The minimum Gasteiger partial charge on any atom is -0.449 e. The summed E-state index contributed by atoms with van der Waals surface area (Å²) in [4.78, 5) is 43.1. The lowest BCUT2D eigenvalue weighted by Gasteiger charge is -2.33. The molecule has 7 nitrogen and oxygen atoms in total. The van der Waals surface area contributed by atoms with Crippen molar-refractivity contribution in [1.29, 1.82) is 0 Å². The summed E-state index contributed by atoms with van der Waals surface area (Å²) in [6, 6.07) is 25.3. The molecule has 6 rings (SSSR count). The van der Waals surface area contributed by atoms with Crippen LogP contribution in [0.15, 0.2) is 96.1 Å². The summed E-state index contributed by atoms with van der Waals surface area (Å²) in [5.74, 6) is -0.723. The highest BCUT2D eigenvalue weighted by Gasteiger charge is 2.34. The van der Waals surface area contributed by atoms with Crippen molar-refractivity contribution in [3.8, 4) is 11.1 Å². The minimum absolute atomic E-state index is 0. The smallest absolute Gasteiger partial charge is 0.407 e. The lowest BCUT2D eigenvalue weighted by molar-refractivity contribution is -0.133. The van der Waals surface area contributed by atoms with E-state index in [9.17, 15) is 14.4 Å². The van der Waals surface area contributed by atoms with E-state index in [1.807, 2.05) is 36.4 Å². The van der Waals surface area contributed by atoms with Crippen LogP contribution in [0.1, 0.15) is 47.4 Å². The van der Waals surface area contributed by atoms with E-state index < -0.39 is 12.1 Å². The first kappa shape index (κ1) is 39.4. The van der Waals surface area contributed by atoms with Crippen LogP contribution < -0.4 is 11.1 Å². The second-order valence-electron chi connectivity index (χ2n) is 12.5. The van der Waals surface area contributed by atoms with Gasteiger partial charge in [-0.05, 0) is 95.6 Å². The van der Waals surface area contributed by atoms with Gasteiger partial charge >= 0.3 is 6.09 Å². The first-order valence-electron chi connectivity index (χ1n) is 16.6. The number of ketones is 1. The van der Waals surface area contributed by atoms with Crippen molar-refractivity contribution in [2.75, 3.05) is 26.2 Å². The average molecular weight is 800 g/mol. The third kappa shape index (κ3) is 9.03. The van der Waals surface area contributed by atoms with Crippen LogP contribution in [-0.2, 0) is 14.3 Å². The highest BCUT2D eigenvalue weighted by atomic mass is 35.5. The number of amides is 2. The lowest BCUT2D eigenvalue weighted by atomic mass is 9.93. The van der Waals surface area contributed by atoms with Crippen molar-refractivity contribution in [2.24, 2.45) is 5.73 Å². The largest absolute Gasteiger partial charge is 0.449 e. The van der Waals surface area contributed by atoms with E-state index >= 15 is 0 Å². The van der Waals surface area contributed by atoms with Crippen molar-refractivity contribution in [2.45, 2.75) is 31.2 Å². The monoisotopic (exact) mass is 797 g/mol. The fourth-order valence-corrected chi connectivity index (χ4v) is 7.17. The van der Waals surface area contributed by atoms with E-state index in [1.54, 1.807) is 53.5 Å². The predicted molar refractivity (Wildman–Crippen MR) is 213 cm³/mol. The molecule has 12 heteroatoms. The molecular formula is C40H36Cl5N3O4. The summed E-state index contributed by atoms with van der Waals surface area (Å²) >= 11 is 24.8. The fourth-order valence-electron chi connectivity index (χ4n) is 6.55. The number of nitrogens with two attached hydrogens (primary N) is 1. The summed E-state index contributed by atoms with van der Waals surface area (Å²) in [5, 5.41) is 4.26. The maximum atomic E-state index is 14.3. The first-order chi connectivity index (χ1) is 24.6. The number of fused-ring (bicyclic) bond motifs is 3. The van der Waals surface area contributed by atoms with Gasteiger partial charge in [0.05, 0.1) is 20.1 Å². The Bertz CT molecular complexity index is 1930. The zero-order chi connectivity index (χ0) is 36.1. The topological polar surface area (TPSA) is 102 Å². The molecule has 52 heavy (non-hydrogen) atoms. The first-order valence-corrected chi connectivity index (χ1v) is 18.1. The fraction of sp³-hybridized carbons (Fsp3) is 0.225. The molecule has 4 aromatic rings. The molecule has 1 atom stereocenters. The molecule has 0 aromatic heterocycles. The number of hydrogen-bond acceptors (Lipinski definition) is 5. The SMILES string of the molecule is Cl.NCCCCC(NC(=O)OCC1c2ccccc2-c2ccccc21)C(=O)N1C/C(=C\c2ccc(Cl)c(Cl)c2)C(=O)/C(=C/c2ccc(Cl)c(Cl)c2)C1. The van der Waals surface area contributed by atoms with E-state index in [4.69, 9.17) is 56.9 Å². The van der Waals surface area contributed by atoms with Gasteiger partial charge in [-0.3, -0.25) is 9.59 Å². The van der Waals surface area contributed by atoms with Crippen LogP contribution in [0.5, 0.6) is 0 Å². The zero-order valence-corrected chi connectivity index (χ0v) is 31.8. The molecule has 1 fully saturated rings. The Balaban J connectivity index is 0.00000523. The van der Waals surface area contributed by atoms with Gasteiger partial charge < -0.3 is 20.7 Å². The summed E-state index contributed by atoms with van der Waals surface area (Å²) in [7, 11) is 0. The van der Waals surface area contributed by atoms with E-state index in [1.165, 1.54) is 0 Å². The molecule has 270 valence electrons. The number of carbonyl (C=O) groups excluding carboxylic acids is 3. The quantitative estimate of drug-likeness (QED) is 0.123. The number of unbranched alkanes of at least 4 members (excludes halogenated alkanes) is 1. The van der Waals surface area contributed by atoms with Gasteiger partial charge in [0, 0.05) is 30.2 Å². The lowest BCUT2D eigenvalue weighted by Crippen LogP contribution is -2.52. The van der Waals surface area contributed by atoms with Crippen LogP contribution in [0.2, 0.25) is 20.1 Å². The predicted octanol–water partition coefficient (Wildman–Crippen LogP) is 9.64. The average Bonchev–Trinajstić information content (AvgIpc) is 3.45. The van der Waals surface area contributed by atoms with Gasteiger partial charge in [0.15, 0.2) is 5.78 Å². The number of halogens is 5. The summed E-state index contributed by atoms with van der Waals surface area (Å²) in [5.41, 5.74) is 12.2. The van der Waals surface area contributed by atoms with Gasteiger partial charge in [0.2, 0.25) is 5.91 Å². The van der Waals surface area contributed by atoms with E-state index in [-0.39, 0.29) is 49.7 Å². The molecule has 1 aliphatic heterocycles. The Morgan fingerprint density at radius 2 is 1.31 bits per heavy atom. The Labute approximate surface area is 329 Å². The standard InChI is InChI=1S/C40H35Cl4N3O4.ClH/c41-33-14-12-24(19-35(33)43)17-26-21-47(22-27(38(26)48)18-25-13-15-34(42)36(44)20-25)39(49)37(11-5-6-16-45)46-40(50)51-23-32-30-9-3-1-7-28(30)29-8-2-4-10-31(29)32;/h1-4,7-10,12-15,17-20,32,37H,5-6,11,16,21-23,45H2,(H,46,50);1H/b26-17+,27-18+;. The van der Waals surface area contributed by atoms with Crippen LogP contribution in [0.4, 0.5) is 4.79 Å². The van der Waals surface area contributed by atoms with Crippen LogP contribution in [0.3, 0.4) is 0 Å². The number of nitrogens with zero attached hydrogens (tertiary/aromatic N) is 1. The van der Waals surface area contributed by atoms with E-state index in [0.29, 0.717) is 68.2 Å². The molecule has 0 spiro atoms. The Hall–Kier alpha value is -3.82. The number of ether oxygens (including phenoxy) is 1. The number of benzene rings is 4. The molecule has 1 aliphatic carbocycles. The molecule has 2 amide bonds. The third-order valence-electron chi connectivity index (χ3n) is 9.07. The second kappa shape index (κ2) is 17.8. The normalized spacial score (nSPS) is 15.9. The summed E-state index contributed by atoms with van der Waals surface area (Å²) in [6.45, 7) is 0.568. The molecule has 1 saturated heterocycles. The van der Waals surface area contributed by atoms with Crippen molar-refractivity contribution >= 4 is 88.7 Å². The number of carbonyl (C=O) groups is 3. The van der Waals surface area contributed by atoms with Crippen molar-refractivity contribution in [3.05, 3.63) is 138 Å². The van der Waals surface area contributed by atoms with Gasteiger partial charge in [-0.1, -0.05) is 107 Å². The highest BCUT2D eigenvalue weighted by molar-refractivity contribution is 6.42. The van der Waals surface area contributed by atoms with Gasteiger partial charge in [0.1, 0.15) is 12.6 Å². The minimum atomic E-state index is -0.919. The van der Waals surface area contributed by atoms with Crippen LogP contribution in [0, 0.1) is 0 Å². The number of alkyl carbamates (subject to hydrolysis) is 1. The number of piperidine rings is 1. The third-order valence-corrected chi connectivity index (χ3v) is 10.5. The number of hydrogen-bond donors (Lipinski definition) is 2. The molecule has 0 radical (unpaired) electrons. The second-order valence-corrected chi connectivity index (χ2v) is 14.1. The highest BCUT2D eigenvalue weighted by Crippen LogP contribution is 2.44. The molecular weight excluding hydrogens is 764 g/mol. The van der Waals surface area contributed by atoms with Crippen molar-refractivity contribution in [3.63, 3.8) is 0 Å². The number of Topliss-reactive ketones (excluding diaryl/α,β-unsaturated/α-hetero) is 1. The molecule has 0 bridgehead atoms. The van der Waals surface area contributed by atoms with Gasteiger partial charge in [-0.15, -0.1) is 12.4 Å². The molecule has 3 N–H and O–H groups in total. The van der Waals surface area contributed by atoms with Crippen LogP contribution in [0.25, 0.3) is 23.3 Å². The van der Waals surface area contributed by atoms with E-state index in [0.717, 1.165) is 22.3 Å². The maximum absolute atomic E-state index is 14.3. The number of likely N-dealkylation sites (tertiary alicyclic amines) is 1. The van der Waals surface area contributed by atoms with Gasteiger partial charge in [0.25, 0.3) is 0 Å². The van der Waals surface area contributed by atoms with Gasteiger partial charge in [-0.25, -0.2) is 4.79 Å². The molecule has 1 unspecified atom stereocenters. The molecule has 0 saturated carbocycles. The zero-order valence-electron chi connectivity index (χ0n) is 27.9. The Morgan fingerprint density at radius 1 is 0.788 bits per heavy atom.